The number of oxime groups is 1. The summed E-state index contributed by atoms with van der Waals surface area (Å²) in [5, 5.41) is 9.15. The van der Waals surface area contributed by atoms with E-state index >= 15 is 0 Å². The zero-order valence-electron chi connectivity index (χ0n) is 14.1. The number of hydrogen-bond donors (Lipinski definition) is 2. The van der Waals surface area contributed by atoms with Crippen LogP contribution in [-0.4, -0.2) is 31.7 Å². The van der Waals surface area contributed by atoms with E-state index in [0.717, 1.165) is 11.8 Å². The number of ether oxygens (including phenoxy) is 1. The molecule has 8 heteroatoms. The highest BCUT2D eigenvalue weighted by Crippen LogP contribution is 2.27. The summed E-state index contributed by atoms with van der Waals surface area (Å²) in [6.07, 6.45) is 0.921. The lowest BCUT2D eigenvalue weighted by Crippen LogP contribution is -2.26. The smallest absolute Gasteiger partial charge is 0.270 e. The Morgan fingerprint density at radius 3 is 2.69 bits per heavy atom. The van der Waals surface area contributed by atoms with Gasteiger partial charge in [-0.3, -0.25) is 9.59 Å². The lowest BCUT2D eigenvalue weighted by Gasteiger charge is -2.08. The molecular formula is C18H18ClN3O4. The van der Waals surface area contributed by atoms with Gasteiger partial charge in [-0.05, 0) is 23.8 Å². The van der Waals surface area contributed by atoms with E-state index in [4.69, 9.17) is 21.2 Å². The Labute approximate surface area is 155 Å². The molecule has 0 aromatic heterocycles. The molecule has 0 unspecified atom stereocenters. The van der Waals surface area contributed by atoms with E-state index in [1.165, 1.54) is 7.11 Å². The molecule has 0 atom stereocenters. The van der Waals surface area contributed by atoms with Gasteiger partial charge in [-0.2, -0.15) is 0 Å². The van der Waals surface area contributed by atoms with Crippen molar-refractivity contribution in [1.82, 2.24) is 5.32 Å². The second-order valence-electron chi connectivity index (χ2n) is 5.10. The van der Waals surface area contributed by atoms with Crippen LogP contribution in [0.2, 0.25) is 5.02 Å². The predicted molar refractivity (Wildman–Crippen MR) is 99.4 cm³/mol. The third kappa shape index (κ3) is 6.45. The van der Waals surface area contributed by atoms with E-state index in [0.29, 0.717) is 23.0 Å². The minimum atomic E-state index is -0.546. The molecule has 0 bridgehead atoms. The quantitative estimate of drug-likeness (QED) is 0.548. The fourth-order valence-corrected chi connectivity index (χ4v) is 2.14. The summed E-state index contributed by atoms with van der Waals surface area (Å²) in [5.41, 5.74) is 1.37. The van der Waals surface area contributed by atoms with Crippen molar-refractivity contribution in [3.63, 3.8) is 0 Å². The molecule has 2 N–H and O–H groups in total. The number of hydrogen-bond acceptors (Lipinski definition) is 5. The van der Waals surface area contributed by atoms with Gasteiger partial charge >= 0.3 is 0 Å². The van der Waals surface area contributed by atoms with E-state index in [1.54, 1.807) is 18.2 Å². The average Bonchev–Trinajstić information content (AvgIpc) is 2.64. The van der Waals surface area contributed by atoms with Gasteiger partial charge in [-0.25, -0.2) is 0 Å². The Morgan fingerprint density at radius 2 is 1.96 bits per heavy atom. The lowest BCUT2D eigenvalue weighted by molar-refractivity contribution is -0.126. The van der Waals surface area contributed by atoms with Crippen LogP contribution in [0.25, 0.3) is 0 Å². The zero-order chi connectivity index (χ0) is 18.8. The van der Waals surface area contributed by atoms with Crippen LogP contribution in [0.4, 0.5) is 5.69 Å². The van der Waals surface area contributed by atoms with E-state index in [-0.39, 0.29) is 12.5 Å². The van der Waals surface area contributed by atoms with Crippen molar-refractivity contribution in [3.05, 3.63) is 59.1 Å². The van der Waals surface area contributed by atoms with Gasteiger partial charge in [0, 0.05) is 11.6 Å². The Morgan fingerprint density at radius 1 is 1.19 bits per heavy atom. The van der Waals surface area contributed by atoms with Crippen LogP contribution in [0.15, 0.2) is 53.7 Å². The minimum Gasteiger partial charge on any atom is -0.495 e. The average molecular weight is 376 g/mol. The van der Waals surface area contributed by atoms with E-state index in [2.05, 4.69) is 15.8 Å². The number of amides is 2. The van der Waals surface area contributed by atoms with Crippen molar-refractivity contribution in [2.75, 3.05) is 19.0 Å². The highest BCUT2D eigenvalue weighted by atomic mass is 35.5. The molecule has 0 heterocycles. The van der Waals surface area contributed by atoms with Crippen LogP contribution in [0.5, 0.6) is 5.75 Å². The van der Waals surface area contributed by atoms with Crippen LogP contribution in [0, 0.1) is 0 Å². The van der Waals surface area contributed by atoms with Crippen molar-refractivity contribution >= 4 is 35.3 Å². The zero-order valence-corrected chi connectivity index (χ0v) is 14.8. The van der Waals surface area contributed by atoms with Crippen molar-refractivity contribution in [1.29, 1.82) is 0 Å². The first-order valence-corrected chi connectivity index (χ1v) is 8.07. The van der Waals surface area contributed by atoms with Crippen molar-refractivity contribution in [3.8, 4) is 5.75 Å². The van der Waals surface area contributed by atoms with Gasteiger partial charge in [-0.1, -0.05) is 47.1 Å². The number of carbonyl (C=O) groups is 2. The molecule has 7 nitrogen and oxygen atoms in total. The van der Waals surface area contributed by atoms with Crippen molar-refractivity contribution < 1.29 is 19.2 Å². The highest BCUT2D eigenvalue weighted by Gasteiger charge is 2.07. The summed E-state index contributed by atoms with van der Waals surface area (Å²) < 4.78 is 5.12. The van der Waals surface area contributed by atoms with Gasteiger partial charge in [0.25, 0.3) is 11.8 Å². The summed E-state index contributed by atoms with van der Waals surface area (Å²) >= 11 is 5.88. The van der Waals surface area contributed by atoms with E-state index in [9.17, 15) is 9.59 Å². The molecule has 0 aliphatic carbocycles. The number of rotatable bonds is 8. The minimum absolute atomic E-state index is 0.295. The molecule has 0 fully saturated rings. The van der Waals surface area contributed by atoms with Crippen LogP contribution in [-0.2, 0) is 21.0 Å². The number of methoxy groups -OCH3 is 1. The summed E-state index contributed by atoms with van der Waals surface area (Å²) in [6, 6.07) is 14.3. The van der Waals surface area contributed by atoms with Crippen molar-refractivity contribution in [2.45, 2.75) is 6.54 Å². The second-order valence-corrected chi connectivity index (χ2v) is 5.54. The third-order valence-electron chi connectivity index (χ3n) is 3.19. The fourth-order valence-electron chi connectivity index (χ4n) is 1.97. The molecule has 0 spiro atoms. The first kappa shape index (κ1) is 19.3. The topological polar surface area (TPSA) is 89.0 Å². The molecule has 0 saturated heterocycles. The van der Waals surface area contributed by atoms with E-state index < -0.39 is 5.91 Å². The predicted octanol–water partition coefficient (Wildman–Crippen LogP) is 2.61. The first-order valence-electron chi connectivity index (χ1n) is 7.69. The summed E-state index contributed by atoms with van der Waals surface area (Å²) in [5.74, 6) is -0.435. The molecule has 136 valence electrons. The maximum Gasteiger partial charge on any atom is 0.270 e. The van der Waals surface area contributed by atoms with E-state index in [1.807, 2.05) is 30.3 Å². The van der Waals surface area contributed by atoms with Gasteiger partial charge in [0.05, 0.1) is 12.8 Å². The summed E-state index contributed by atoms with van der Waals surface area (Å²) in [4.78, 5) is 28.3. The van der Waals surface area contributed by atoms with Crippen LogP contribution < -0.4 is 15.4 Å². The van der Waals surface area contributed by atoms with Crippen LogP contribution >= 0.6 is 11.6 Å². The maximum atomic E-state index is 11.8. The highest BCUT2D eigenvalue weighted by molar-refractivity contribution is 6.33. The molecule has 2 rings (SSSR count). The second kappa shape index (κ2) is 10.0. The number of benzene rings is 2. The number of nitrogens with zero attached hydrogens (tertiary/aromatic N) is 1. The number of nitrogens with one attached hydrogen (secondary N) is 2. The van der Waals surface area contributed by atoms with Gasteiger partial charge < -0.3 is 20.2 Å². The number of carbonyl (C=O) groups excluding carboxylic acids is 2. The Bertz CT molecular complexity index is 781. The number of halogens is 1. The molecule has 26 heavy (non-hydrogen) atoms. The Kier molecular flexibility index (Phi) is 7.45. The fraction of sp³-hybridized carbons (Fsp3) is 0.167. The lowest BCUT2D eigenvalue weighted by atomic mass is 10.2. The van der Waals surface area contributed by atoms with Crippen LogP contribution in [0.1, 0.15) is 5.56 Å². The molecule has 2 aromatic carbocycles. The molecule has 2 aromatic rings. The third-order valence-corrected chi connectivity index (χ3v) is 3.43. The monoisotopic (exact) mass is 375 g/mol. The SMILES string of the molecule is COc1ccc(Cl)cc1NC(=O)/C=N\OCC(=O)NCc1ccccc1. The molecular weight excluding hydrogens is 358 g/mol. The molecule has 0 radical (unpaired) electrons. The largest absolute Gasteiger partial charge is 0.495 e. The Hall–Kier alpha value is -3.06. The summed E-state index contributed by atoms with van der Waals surface area (Å²) in [6.45, 7) is 0.0961. The van der Waals surface area contributed by atoms with Gasteiger partial charge in [0.1, 0.15) is 12.0 Å². The molecule has 0 saturated carbocycles. The molecule has 0 aliphatic rings. The maximum absolute atomic E-state index is 11.8. The van der Waals surface area contributed by atoms with Gasteiger partial charge in [0.15, 0.2) is 6.61 Å². The Balaban J connectivity index is 1.73. The van der Waals surface area contributed by atoms with Gasteiger partial charge in [-0.15, -0.1) is 0 Å². The van der Waals surface area contributed by atoms with Gasteiger partial charge in [0.2, 0.25) is 0 Å². The standard InChI is InChI=1S/C18H18ClN3O4/c1-25-16-8-7-14(19)9-15(16)22-17(23)11-21-26-12-18(24)20-10-13-5-3-2-4-6-13/h2-9,11H,10,12H2,1H3,(H,20,24)(H,22,23)/b21-11-. The number of anilines is 1. The van der Waals surface area contributed by atoms with Crippen LogP contribution in [0.3, 0.4) is 0 Å². The molecule has 0 aliphatic heterocycles. The summed E-state index contributed by atoms with van der Waals surface area (Å²) in [7, 11) is 1.48. The van der Waals surface area contributed by atoms with Crippen molar-refractivity contribution in [2.24, 2.45) is 5.16 Å². The first-order chi connectivity index (χ1) is 12.6. The molecule has 2 amide bonds. The normalized spacial score (nSPS) is 10.4.